The molecule has 0 fully saturated rings. The molecule has 1 atom stereocenters. The van der Waals surface area contributed by atoms with Crippen LogP contribution in [0.1, 0.15) is 18.0 Å². The first-order valence-corrected chi connectivity index (χ1v) is 10.7. The highest BCUT2D eigenvalue weighted by atomic mass is 35.5. The molecule has 1 aliphatic rings. The molecule has 9 heteroatoms. The van der Waals surface area contributed by atoms with Crippen LogP contribution < -0.4 is 5.32 Å². The Labute approximate surface area is 168 Å². The van der Waals surface area contributed by atoms with Crippen LogP contribution >= 0.6 is 46.9 Å². The molecule has 4 rings (SSSR count). The first-order chi connectivity index (χ1) is 12.6. The molecule has 26 heavy (non-hydrogen) atoms. The van der Waals surface area contributed by atoms with E-state index in [1.165, 1.54) is 4.90 Å². The van der Waals surface area contributed by atoms with E-state index in [1.807, 2.05) is 35.7 Å². The summed E-state index contributed by atoms with van der Waals surface area (Å²) < 4.78 is 2.17. The molecule has 0 radical (unpaired) electrons. The van der Waals surface area contributed by atoms with Crippen LogP contribution in [-0.4, -0.2) is 26.4 Å². The van der Waals surface area contributed by atoms with Gasteiger partial charge in [0.15, 0.2) is 10.6 Å². The Balaban J connectivity index is 1.54. The fourth-order valence-electron chi connectivity index (χ4n) is 2.96. The normalized spacial score (nSPS) is 16.3. The van der Waals surface area contributed by atoms with Crippen LogP contribution in [-0.2, 0) is 11.3 Å². The van der Waals surface area contributed by atoms with Crippen LogP contribution in [0.4, 0.5) is 0 Å². The van der Waals surface area contributed by atoms with Gasteiger partial charge in [0.05, 0.1) is 10.9 Å². The highest BCUT2D eigenvalue weighted by Crippen LogP contribution is 2.37. The minimum atomic E-state index is -0.0943. The van der Waals surface area contributed by atoms with Gasteiger partial charge < -0.3 is 5.32 Å². The standard InChI is InChI=1S/C17H15ClN4OS3/c18-10-3-4-13-11(8-10)12(5-7-26-13)19-15(23)9-22-16(20-21-17(22)24)14-2-1-6-25-14/h1-4,6,8,12H,5,7,9H2,(H,19,23)(H,21,24)/t12-/m1/s1. The van der Waals surface area contributed by atoms with Crippen molar-refractivity contribution in [3.05, 3.63) is 51.1 Å². The average molecular weight is 423 g/mol. The van der Waals surface area contributed by atoms with E-state index < -0.39 is 0 Å². The Morgan fingerprint density at radius 1 is 1.46 bits per heavy atom. The smallest absolute Gasteiger partial charge is 0.240 e. The molecule has 1 aliphatic heterocycles. The fraction of sp³-hybridized carbons (Fsp3) is 0.235. The van der Waals surface area contributed by atoms with Gasteiger partial charge in [-0.25, -0.2) is 0 Å². The lowest BCUT2D eigenvalue weighted by Crippen LogP contribution is -2.33. The number of carbonyl (C=O) groups excluding carboxylic acids is 1. The number of aromatic nitrogens is 3. The van der Waals surface area contributed by atoms with E-state index >= 15 is 0 Å². The van der Waals surface area contributed by atoms with Crippen LogP contribution in [0, 0.1) is 4.77 Å². The minimum absolute atomic E-state index is 0.0382. The van der Waals surface area contributed by atoms with Crippen molar-refractivity contribution in [2.24, 2.45) is 0 Å². The monoisotopic (exact) mass is 422 g/mol. The predicted molar refractivity (Wildman–Crippen MR) is 108 cm³/mol. The maximum Gasteiger partial charge on any atom is 0.240 e. The van der Waals surface area contributed by atoms with Crippen LogP contribution in [0.3, 0.4) is 0 Å². The molecule has 0 saturated carbocycles. The SMILES string of the molecule is O=C(Cn1c(-c2cccs2)n[nH]c1=S)N[C@@H]1CCSc2ccc(Cl)cc21. The van der Waals surface area contributed by atoms with E-state index in [0.717, 1.165) is 22.6 Å². The highest BCUT2D eigenvalue weighted by Gasteiger charge is 2.23. The van der Waals surface area contributed by atoms with Gasteiger partial charge in [-0.1, -0.05) is 17.7 Å². The lowest BCUT2D eigenvalue weighted by molar-refractivity contribution is -0.122. The number of hydrogen-bond acceptors (Lipinski definition) is 5. The molecule has 0 unspecified atom stereocenters. The van der Waals surface area contributed by atoms with E-state index in [2.05, 4.69) is 15.5 Å². The van der Waals surface area contributed by atoms with Crippen molar-refractivity contribution in [1.29, 1.82) is 0 Å². The molecule has 0 saturated heterocycles. The average Bonchev–Trinajstić information content (AvgIpc) is 3.26. The second kappa shape index (κ2) is 7.56. The number of rotatable bonds is 4. The van der Waals surface area contributed by atoms with Crippen LogP contribution in [0.5, 0.6) is 0 Å². The minimum Gasteiger partial charge on any atom is -0.348 e. The zero-order valence-electron chi connectivity index (χ0n) is 13.6. The maximum absolute atomic E-state index is 12.7. The van der Waals surface area contributed by atoms with Crippen molar-refractivity contribution in [1.82, 2.24) is 20.1 Å². The van der Waals surface area contributed by atoms with Gasteiger partial charge >= 0.3 is 0 Å². The lowest BCUT2D eigenvalue weighted by Gasteiger charge is -2.26. The number of benzene rings is 1. The molecule has 5 nitrogen and oxygen atoms in total. The van der Waals surface area contributed by atoms with Crippen molar-refractivity contribution in [2.75, 3.05) is 5.75 Å². The van der Waals surface area contributed by atoms with Crippen LogP contribution in [0.25, 0.3) is 10.7 Å². The Kier molecular flexibility index (Phi) is 5.17. The third kappa shape index (κ3) is 3.59. The largest absolute Gasteiger partial charge is 0.348 e. The fourth-order valence-corrected chi connectivity index (χ4v) is 5.16. The summed E-state index contributed by atoms with van der Waals surface area (Å²) in [5.41, 5.74) is 1.08. The summed E-state index contributed by atoms with van der Waals surface area (Å²) in [5, 5.41) is 12.8. The van der Waals surface area contributed by atoms with Crippen LogP contribution in [0.15, 0.2) is 40.6 Å². The molecule has 0 bridgehead atoms. The zero-order chi connectivity index (χ0) is 18.1. The Morgan fingerprint density at radius 2 is 2.35 bits per heavy atom. The summed E-state index contributed by atoms with van der Waals surface area (Å²) in [6.45, 7) is 0.127. The summed E-state index contributed by atoms with van der Waals surface area (Å²) in [6.07, 6.45) is 0.873. The van der Waals surface area contributed by atoms with Gasteiger partial charge in [0.1, 0.15) is 6.54 Å². The number of aromatic amines is 1. The maximum atomic E-state index is 12.7. The molecule has 1 amide bonds. The topological polar surface area (TPSA) is 62.7 Å². The summed E-state index contributed by atoms with van der Waals surface area (Å²) in [6, 6.07) is 9.71. The molecule has 0 aliphatic carbocycles. The molecule has 2 N–H and O–H groups in total. The van der Waals surface area contributed by atoms with Crippen molar-refractivity contribution < 1.29 is 4.79 Å². The third-order valence-electron chi connectivity index (χ3n) is 4.15. The van der Waals surface area contributed by atoms with Gasteiger partial charge in [-0.3, -0.25) is 14.5 Å². The van der Waals surface area contributed by atoms with E-state index in [-0.39, 0.29) is 18.5 Å². The predicted octanol–water partition coefficient (Wildman–Crippen LogP) is 4.68. The molecular weight excluding hydrogens is 408 g/mol. The van der Waals surface area contributed by atoms with Gasteiger partial charge in [-0.05, 0) is 53.8 Å². The van der Waals surface area contributed by atoms with Crippen molar-refractivity contribution in [2.45, 2.75) is 23.9 Å². The Morgan fingerprint density at radius 3 is 3.15 bits per heavy atom. The van der Waals surface area contributed by atoms with E-state index in [1.54, 1.807) is 27.7 Å². The summed E-state index contributed by atoms with van der Waals surface area (Å²) in [4.78, 5) is 14.8. The van der Waals surface area contributed by atoms with E-state index in [4.69, 9.17) is 23.8 Å². The van der Waals surface area contributed by atoms with Crippen molar-refractivity contribution >= 4 is 52.8 Å². The second-order valence-corrected chi connectivity index (χ2v) is 8.76. The molecule has 1 aromatic carbocycles. The van der Waals surface area contributed by atoms with Gasteiger partial charge in [0.2, 0.25) is 5.91 Å². The molecule has 3 heterocycles. The number of halogens is 1. The second-order valence-electron chi connectivity index (χ2n) is 5.86. The van der Waals surface area contributed by atoms with E-state index in [0.29, 0.717) is 15.6 Å². The quantitative estimate of drug-likeness (QED) is 0.599. The Hall–Kier alpha value is -1.61. The zero-order valence-corrected chi connectivity index (χ0v) is 16.8. The molecular formula is C17H15ClN4OS3. The lowest BCUT2D eigenvalue weighted by atomic mass is 10.0. The summed E-state index contributed by atoms with van der Waals surface area (Å²) in [5.74, 6) is 1.55. The number of fused-ring (bicyclic) bond motifs is 1. The number of thiophene rings is 1. The van der Waals surface area contributed by atoms with Gasteiger partial charge in [-0.2, -0.15) is 5.10 Å². The number of thioether (sulfide) groups is 1. The number of hydrogen-bond donors (Lipinski definition) is 2. The van der Waals surface area contributed by atoms with Gasteiger partial charge in [-0.15, -0.1) is 23.1 Å². The molecule has 2 aromatic heterocycles. The van der Waals surface area contributed by atoms with E-state index in [9.17, 15) is 4.79 Å². The molecule has 0 spiro atoms. The third-order valence-corrected chi connectivity index (χ3v) is 6.68. The summed E-state index contributed by atoms with van der Waals surface area (Å²) >= 11 is 14.8. The Bertz CT molecular complexity index is 996. The number of nitrogens with zero attached hydrogens (tertiary/aromatic N) is 2. The first kappa shape index (κ1) is 17.8. The number of H-pyrrole nitrogens is 1. The summed E-state index contributed by atoms with van der Waals surface area (Å²) in [7, 11) is 0. The number of carbonyl (C=O) groups is 1. The van der Waals surface area contributed by atoms with Crippen molar-refractivity contribution in [3.8, 4) is 10.7 Å². The number of amides is 1. The molecule has 3 aromatic rings. The number of nitrogens with one attached hydrogen (secondary N) is 2. The van der Waals surface area contributed by atoms with Crippen LogP contribution in [0.2, 0.25) is 5.02 Å². The van der Waals surface area contributed by atoms with Crippen molar-refractivity contribution in [3.63, 3.8) is 0 Å². The van der Waals surface area contributed by atoms with Gasteiger partial charge in [0.25, 0.3) is 0 Å². The molecule has 134 valence electrons. The first-order valence-electron chi connectivity index (χ1n) is 8.02. The van der Waals surface area contributed by atoms with Gasteiger partial charge in [0, 0.05) is 15.7 Å². The highest BCUT2D eigenvalue weighted by molar-refractivity contribution is 7.99.